The molecule has 0 aromatic rings. The summed E-state index contributed by atoms with van der Waals surface area (Å²) < 4.78 is 17.0. The molecule has 0 aliphatic rings. The van der Waals surface area contributed by atoms with Crippen molar-refractivity contribution < 1.29 is 28.6 Å². The van der Waals surface area contributed by atoms with Crippen LogP contribution in [0, 0.1) is 0 Å². The van der Waals surface area contributed by atoms with Gasteiger partial charge in [0.1, 0.15) is 13.2 Å². The molecule has 6 nitrogen and oxygen atoms in total. The van der Waals surface area contributed by atoms with Crippen LogP contribution < -0.4 is 0 Å². The number of ether oxygens (including phenoxy) is 3. The molecule has 0 aliphatic heterocycles. The molecular weight excluding hydrogens is 997 g/mol. The average Bonchev–Trinajstić information content (AvgIpc) is 3.47. The van der Waals surface area contributed by atoms with Crippen molar-refractivity contribution in [2.75, 3.05) is 13.2 Å². The fourth-order valence-corrected chi connectivity index (χ4v) is 10.9. The third-order valence-corrected chi connectivity index (χ3v) is 16.3. The van der Waals surface area contributed by atoms with E-state index in [1.54, 1.807) is 0 Å². The summed E-state index contributed by atoms with van der Waals surface area (Å²) in [5.41, 5.74) is 0. The fraction of sp³-hybridized carbons (Fsp3) is 0.853. The molecule has 1 atom stereocenters. The largest absolute Gasteiger partial charge is 0.462 e. The molecule has 0 fully saturated rings. The highest BCUT2D eigenvalue weighted by Gasteiger charge is 2.19. The van der Waals surface area contributed by atoms with Gasteiger partial charge in [0.25, 0.3) is 0 Å². The first-order valence-corrected chi connectivity index (χ1v) is 36.1. The summed E-state index contributed by atoms with van der Waals surface area (Å²) in [6.07, 6.45) is 88.4. The van der Waals surface area contributed by atoms with Crippen molar-refractivity contribution in [1.29, 1.82) is 0 Å². The Balaban J connectivity index is 4.35. The normalized spacial score (nSPS) is 12.3. The molecule has 1 unspecified atom stereocenters. The van der Waals surface area contributed by atoms with Crippen LogP contribution in [-0.4, -0.2) is 37.2 Å². The van der Waals surface area contributed by atoms with E-state index in [0.29, 0.717) is 19.3 Å². The highest BCUT2D eigenvalue weighted by molar-refractivity contribution is 5.71. The van der Waals surface area contributed by atoms with E-state index in [0.717, 1.165) is 77.0 Å². The lowest BCUT2D eigenvalue weighted by Gasteiger charge is -2.18. The van der Waals surface area contributed by atoms with Gasteiger partial charge in [0.15, 0.2) is 6.10 Å². The Morgan fingerprint density at radius 3 is 0.704 bits per heavy atom. The monoisotopic (exact) mass is 1140 g/mol. The Hall–Kier alpha value is -2.63. The van der Waals surface area contributed by atoms with Crippen LogP contribution in [0.25, 0.3) is 0 Å². The molecule has 0 aliphatic carbocycles. The van der Waals surface area contributed by atoms with Gasteiger partial charge in [-0.15, -0.1) is 0 Å². The van der Waals surface area contributed by atoms with Gasteiger partial charge in [0, 0.05) is 19.3 Å². The molecule has 0 spiro atoms. The number of unbranched alkanes of at least 4 members (excludes halogenated alkanes) is 48. The third kappa shape index (κ3) is 68.0. The minimum absolute atomic E-state index is 0.0718. The zero-order valence-corrected chi connectivity index (χ0v) is 54.6. The molecule has 474 valence electrons. The lowest BCUT2D eigenvalue weighted by molar-refractivity contribution is -0.167. The van der Waals surface area contributed by atoms with E-state index in [4.69, 9.17) is 14.2 Å². The maximum atomic E-state index is 13.0. The number of esters is 3. The number of rotatable bonds is 67. The van der Waals surface area contributed by atoms with Gasteiger partial charge in [-0.3, -0.25) is 14.4 Å². The summed E-state index contributed by atoms with van der Waals surface area (Å²) in [5, 5.41) is 0. The van der Waals surface area contributed by atoms with Gasteiger partial charge in [-0.2, -0.15) is 0 Å². The predicted octanol–water partition coefficient (Wildman–Crippen LogP) is 24.9. The quantitative estimate of drug-likeness (QED) is 0.0261. The minimum atomic E-state index is -0.778. The van der Waals surface area contributed by atoms with Gasteiger partial charge in [0.2, 0.25) is 0 Å². The van der Waals surface area contributed by atoms with Crippen LogP contribution >= 0.6 is 0 Å². The Kier molecular flexibility index (Phi) is 67.6. The van der Waals surface area contributed by atoms with Crippen molar-refractivity contribution in [2.24, 2.45) is 0 Å². The topological polar surface area (TPSA) is 78.9 Å². The fourth-order valence-electron chi connectivity index (χ4n) is 10.9. The molecule has 6 heteroatoms. The summed E-state index contributed by atoms with van der Waals surface area (Å²) in [7, 11) is 0. The standard InChI is InChI=1S/C75H138O6/c1-4-7-10-13-16-19-22-25-28-31-34-36-37-39-41-44-47-50-53-56-59-62-65-68-74(77)80-71-72(70-79-73(76)67-64-61-58-55-52-49-46-43-40-33-30-27-24-21-18-15-12-9-6-3)81-75(78)69-66-63-60-57-54-51-48-45-42-38-35-32-29-26-23-20-17-14-11-8-5-2/h22,25,31-32,34-35,37,39,72H,4-21,23-24,26-30,33,36,38,40-71H2,1-3H3/b25-22-,34-31-,35-32-,39-37-. The van der Waals surface area contributed by atoms with E-state index in [9.17, 15) is 14.4 Å². The van der Waals surface area contributed by atoms with E-state index in [-0.39, 0.29) is 31.1 Å². The van der Waals surface area contributed by atoms with E-state index in [1.807, 2.05) is 0 Å². The molecule has 0 N–H and O–H groups in total. The summed E-state index contributed by atoms with van der Waals surface area (Å²) in [6, 6.07) is 0. The van der Waals surface area contributed by atoms with E-state index < -0.39 is 6.10 Å². The first kappa shape index (κ1) is 78.4. The zero-order chi connectivity index (χ0) is 58.5. The number of hydrogen-bond donors (Lipinski definition) is 0. The van der Waals surface area contributed by atoms with Gasteiger partial charge in [0.05, 0.1) is 0 Å². The molecule has 0 radical (unpaired) electrons. The van der Waals surface area contributed by atoms with Crippen molar-refractivity contribution in [3.63, 3.8) is 0 Å². The van der Waals surface area contributed by atoms with Crippen LogP contribution in [0.2, 0.25) is 0 Å². The Morgan fingerprint density at radius 1 is 0.247 bits per heavy atom. The lowest BCUT2D eigenvalue weighted by Crippen LogP contribution is -2.30. The predicted molar refractivity (Wildman–Crippen MR) is 353 cm³/mol. The summed E-state index contributed by atoms with van der Waals surface area (Å²) in [6.45, 7) is 6.70. The minimum Gasteiger partial charge on any atom is -0.462 e. The maximum Gasteiger partial charge on any atom is 0.306 e. The van der Waals surface area contributed by atoms with E-state index in [1.165, 1.54) is 276 Å². The maximum absolute atomic E-state index is 13.0. The van der Waals surface area contributed by atoms with Crippen LogP contribution in [0.3, 0.4) is 0 Å². The van der Waals surface area contributed by atoms with Crippen molar-refractivity contribution >= 4 is 17.9 Å². The summed E-state index contributed by atoms with van der Waals surface area (Å²) in [4.78, 5) is 38.5. The number of allylic oxidation sites excluding steroid dienone is 8. The smallest absolute Gasteiger partial charge is 0.306 e. The number of carbonyl (C=O) groups excluding carboxylic acids is 3. The summed E-state index contributed by atoms with van der Waals surface area (Å²) >= 11 is 0. The molecule has 0 bridgehead atoms. The Labute approximate surface area is 505 Å². The van der Waals surface area contributed by atoms with Gasteiger partial charge in [-0.25, -0.2) is 0 Å². The third-order valence-electron chi connectivity index (χ3n) is 16.3. The van der Waals surface area contributed by atoms with Crippen LogP contribution in [-0.2, 0) is 28.6 Å². The first-order chi connectivity index (χ1) is 40.0. The number of carbonyl (C=O) groups is 3. The molecule has 0 amide bonds. The van der Waals surface area contributed by atoms with Gasteiger partial charge >= 0.3 is 17.9 Å². The molecule has 0 heterocycles. The van der Waals surface area contributed by atoms with Crippen LogP contribution in [0.15, 0.2) is 48.6 Å². The Bertz CT molecular complexity index is 1400. The summed E-state index contributed by atoms with van der Waals surface area (Å²) in [5.74, 6) is -0.853. The van der Waals surface area contributed by atoms with Crippen LogP contribution in [0.1, 0.15) is 393 Å². The molecular formula is C75H138O6. The molecule has 0 aromatic carbocycles. The highest BCUT2D eigenvalue weighted by Crippen LogP contribution is 2.18. The average molecular weight is 1140 g/mol. The molecule has 0 saturated heterocycles. The van der Waals surface area contributed by atoms with Crippen molar-refractivity contribution in [3.05, 3.63) is 48.6 Å². The molecule has 0 rings (SSSR count). The SMILES string of the molecule is CCCCCCC/C=C\C/C=C\C/C=C\CCCCCCCCCCC(=O)OCC(COC(=O)CCCCCCCCCCCCCCCCCCCCC)OC(=O)CCCCCCCCCCC/C=C\CCCCCCCCCC. The highest BCUT2D eigenvalue weighted by atomic mass is 16.6. The van der Waals surface area contributed by atoms with Crippen LogP contribution in [0.5, 0.6) is 0 Å². The zero-order valence-electron chi connectivity index (χ0n) is 54.6. The Morgan fingerprint density at radius 2 is 0.444 bits per heavy atom. The van der Waals surface area contributed by atoms with Gasteiger partial charge in [-0.1, -0.05) is 339 Å². The van der Waals surface area contributed by atoms with E-state index in [2.05, 4.69) is 69.4 Å². The van der Waals surface area contributed by atoms with E-state index >= 15 is 0 Å². The van der Waals surface area contributed by atoms with Crippen LogP contribution in [0.4, 0.5) is 0 Å². The molecule has 0 saturated carbocycles. The first-order valence-electron chi connectivity index (χ1n) is 36.1. The molecule has 81 heavy (non-hydrogen) atoms. The van der Waals surface area contributed by atoms with Gasteiger partial charge in [-0.05, 0) is 83.5 Å². The van der Waals surface area contributed by atoms with Crippen molar-refractivity contribution in [2.45, 2.75) is 399 Å². The second kappa shape index (κ2) is 69.9. The van der Waals surface area contributed by atoms with Crippen molar-refractivity contribution in [1.82, 2.24) is 0 Å². The molecule has 0 aromatic heterocycles. The second-order valence-electron chi connectivity index (χ2n) is 24.5. The number of hydrogen-bond acceptors (Lipinski definition) is 6. The van der Waals surface area contributed by atoms with Crippen molar-refractivity contribution in [3.8, 4) is 0 Å². The van der Waals surface area contributed by atoms with Gasteiger partial charge < -0.3 is 14.2 Å². The second-order valence-corrected chi connectivity index (χ2v) is 24.5. The lowest BCUT2D eigenvalue weighted by atomic mass is 10.0.